The van der Waals surface area contributed by atoms with Gasteiger partial charge in [0.05, 0.1) is 17.1 Å². The van der Waals surface area contributed by atoms with Gasteiger partial charge in [-0.15, -0.1) is 0 Å². The second kappa shape index (κ2) is 8.16. The van der Waals surface area contributed by atoms with Crippen LogP contribution in [0.3, 0.4) is 0 Å². The van der Waals surface area contributed by atoms with Crippen molar-refractivity contribution in [3.8, 4) is 0 Å². The third-order valence-corrected chi connectivity index (χ3v) is 7.44. The lowest BCUT2D eigenvalue weighted by Crippen LogP contribution is -2.47. The van der Waals surface area contributed by atoms with Crippen LogP contribution in [0.1, 0.15) is 31.0 Å². The number of hydrogen-bond donors (Lipinski definition) is 1. The third kappa shape index (κ3) is 3.82. The molecule has 1 saturated heterocycles. The highest BCUT2D eigenvalue weighted by Crippen LogP contribution is 2.35. The zero-order valence-electron chi connectivity index (χ0n) is 16.7. The van der Waals surface area contributed by atoms with Gasteiger partial charge in [-0.3, -0.25) is 19.5 Å². The van der Waals surface area contributed by atoms with Crippen LogP contribution in [0, 0.1) is 0 Å². The lowest BCUT2D eigenvalue weighted by atomic mass is 10.1. The summed E-state index contributed by atoms with van der Waals surface area (Å²) in [7, 11) is -3.56. The molecule has 1 N–H and O–H groups in total. The first-order valence-corrected chi connectivity index (χ1v) is 11.4. The largest absolute Gasteiger partial charge is 0.349 e. The van der Waals surface area contributed by atoms with Crippen LogP contribution in [0.15, 0.2) is 47.5 Å². The van der Waals surface area contributed by atoms with E-state index < -0.39 is 16.1 Å². The molecule has 0 bridgehead atoms. The number of carbonyl (C=O) groups excluding carboxylic acids is 2. The number of rotatable bonds is 5. The van der Waals surface area contributed by atoms with Crippen LogP contribution in [0.4, 0.5) is 5.69 Å². The van der Waals surface area contributed by atoms with Crippen molar-refractivity contribution >= 4 is 27.5 Å². The molecule has 2 aliphatic heterocycles. The van der Waals surface area contributed by atoms with Gasteiger partial charge in [-0.25, -0.2) is 8.42 Å². The number of nitrogens with zero attached hydrogens (tertiary/aromatic N) is 3. The highest BCUT2D eigenvalue weighted by molar-refractivity contribution is 7.89. The molecular formula is C21H24N4O4S. The third-order valence-electron chi connectivity index (χ3n) is 5.55. The average Bonchev–Trinajstić information content (AvgIpc) is 3.40. The first-order valence-electron chi connectivity index (χ1n) is 9.98. The summed E-state index contributed by atoms with van der Waals surface area (Å²) in [6, 6.07) is 9.48. The molecule has 158 valence electrons. The first kappa shape index (κ1) is 20.5. The van der Waals surface area contributed by atoms with E-state index in [4.69, 9.17) is 0 Å². The summed E-state index contributed by atoms with van der Waals surface area (Å²) < 4.78 is 27.3. The molecule has 2 amide bonds. The molecule has 1 atom stereocenters. The zero-order valence-corrected chi connectivity index (χ0v) is 17.6. The number of anilines is 1. The number of hydrogen-bond acceptors (Lipinski definition) is 5. The van der Waals surface area contributed by atoms with Gasteiger partial charge in [0, 0.05) is 38.3 Å². The van der Waals surface area contributed by atoms with Crippen molar-refractivity contribution in [2.75, 3.05) is 18.0 Å². The van der Waals surface area contributed by atoms with Crippen LogP contribution >= 0.6 is 0 Å². The van der Waals surface area contributed by atoms with Gasteiger partial charge < -0.3 is 5.32 Å². The lowest BCUT2D eigenvalue weighted by Gasteiger charge is -2.23. The van der Waals surface area contributed by atoms with Crippen LogP contribution in [-0.4, -0.2) is 48.7 Å². The van der Waals surface area contributed by atoms with E-state index in [-0.39, 0.29) is 29.7 Å². The van der Waals surface area contributed by atoms with E-state index in [1.807, 2.05) is 12.1 Å². The monoisotopic (exact) mass is 428 g/mol. The standard InChI is InChI=1S/C21H24N4O4S/c1-15(26)25-19-8-7-18(30(28,29)24-10-4-5-11-24)12-16(19)13-20(25)21(27)23-14-17-6-2-3-9-22-17/h2-3,6-9,12,20H,4-5,10-11,13-14H2,1H3,(H,23,27)/t20-/m0/s1. The fraction of sp³-hybridized carbons (Fsp3) is 0.381. The van der Waals surface area contributed by atoms with E-state index in [2.05, 4.69) is 10.3 Å². The van der Waals surface area contributed by atoms with Gasteiger partial charge in [-0.2, -0.15) is 4.31 Å². The second-order valence-corrected chi connectivity index (χ2v) is 9.49. The molecule has 1 aromatic heterocycles. The quantitative estimate of drug-likeness (QED) is 0.777. The molecule has 2 aromatic rings. The normalized spacial score (nSPS) is 19.0. The topological polar surface area (TPSA) is 99.7 Å². The Labute approximate surface area is 175 Å². The molecule has 0 aliphatic carbocycles. The number of sulfonamides is 1. The maximum atomic E-state index is 12.9. The molecule has 1 fully saturated rings. The fourth-order valence-electron chi connectivity index (χ4n) is 4.06. The van der Waals surface area contributed by atoms with Crippen LogP contribution in [0.5, 0.6) is 0 Å². The Kier molecular flexibility index (Phi) is 5.57. The minimum absolute atomic E-state index is 0.209. The van der Waals surface area contributed by atoms with Crippen LogP contribution in [-0.2, 0) is 32.6 Å². The molecule has 8 nitrogen and oxygen atoms in total. The summed E-state index contributed by atoms with van der Waals surface area (Å²) in [5.41, 5.74) is 1.99. The van der Waals surface area contributed by atoms with Gasteiger partial charge in [0.15, 0.2) is 0 Å². The average molecular weight is 429 g/mol. The van der Waals surface area contributed by atoms with Gasteiger partial charge in [-0.1, -0.05) is 6.07 Å². The van der Waals surface area contributed by atoms with Gasteiger partial charge in [0.2, 0.25) is 21.8 Å². The molecule has 9 heteroatoms. The molecule has 0 radical (unpaired) electrons. The minimum Gasteiger partial charge on any atom is -0.349 e. The van der Waals surface area contributed by atoms with Crippen molar-refractivity contribution in [3.63, 3.8) is 0 Å². The smallest absolute Gasteiger partial charge is 0.243 e. The first-order chi connectivity index (χ1) is 14.4. The Bertz CT molecular complexity index is 1070. The summed E-state index contributed by atoms with van der Waals surface area (Å²) in [5, 5.41) is 2.83. The lowest BCUT2D eigenvalue weighted by molar-refractivity contribution is -0.125. The highest BCUT2D eigenvalue weighted by Gasteiger charge is 2.38. The molecule has 1 aromatic carbocycles. The molecule has 0 saturated carbocycles. The molecule has 0 spiro atoms. The number of amides is 2. The number of nitrogens with one attached hydrogen (secondary N) is 1. The van der Waals surface area contributed by atoms with Crippen molar-refractivity contribution in [2.45, 2.75) is 43.7 Å². The van der Waals surface area contributed by atoms with Crippen molar-refractivity contribution < 1.29 is 18.0 Å². The number of benzene rings is 1. The summed E-state index contributed by atoms with van der Waals surface area (Å²) in [5.74, 6) is -0.558. The number of carbonyl (C=O) groups is 2. The van der Waals surface area contributed by atoms with Gasteiger partial charge in [-0.05, 0) is 48.7 Å². The molecule has 0 unspecified atom stereocenters. The molecule has 3 heterocycles. The number of pyridine rings is 1. The van der Waals surface area contributed by atoms with Crippen molar-refractivity contribution in [1.29, 1.82) is 0 Å². The van der Waals surface area contributed by atoms with Gasteiger partial charge in [0.25, 0.3) is 0 Å². The highest BCUT2D eigenvalue weighted by atomic mass is 32.2. The maximum absolute atomic E-state index is 12.9. The van der Waals surface area contributed by atoms with Gasteiger partial charge in [0.1, 0.15) is 6.04 Å². The Morgan fingerprint density at radius 3 is 2.60 bits per heavy atom. The summed E-state index contributed by atoms with van der Waals surface area (Å²) in [6.07, 6.45) is 3.64. The summed E-state index contributed by atoms with van der Waals surface area (Å²) in [4.78, 5) is 31.0. The SMILES string of the molecule is CC(=O)N1c2ccc(S(=O)(=O)N3CCCC3)cc2C[C@H]1C(=O)NCc1ccccn1. The van der Waals surface area contributed by atoms with Crippen molar-refractivity contribution in [2.24, 2.45) is 0 Å². The van der Waals surface area contributed by atoms with Crippen LogP contribution in [0.25, 0.3) is 0 Å². The van der Waals surface area contributed by atoms with Crippen LogP contribution in [0.2, 0.25) is 0 Å². The fourth-order valence-corrected chi connectivity index (χ4v) is 5.63. The Balaban J connectivity index is 1.56. The van der Waals surface area contributed by atoms with Gasteiger partial charge >= 0.3 is 0 Å². The van der Waals surface area contributed by atoms with Crippen molar-refractivity contribution in [1.82, 2.24) is 14.6 Å². The Morgan fingerprint density at radius 1 is 1.17 bits per heavy atom. The van der Waals surface area contributed by atoms with E-state index in [1.165, 1.54) is 22.2 Å². The predicted molar refractivity (Wildman–Crippen MR) is 111 cm³/mol. The predicted octanol–water partition coefficient (Wildman–Crippen LogP) is 1.46. The van der Waals surface area contributed by atoms with Crippen molar-refractivity contribution in [3.05, 3.63) is 53.9 Å². The Hall–Kier alpha value is -2.78. The van der Waals surface area contributed by atoms with Crippen LogP contribution < -0.4 is 10.2 Å². The van der Waals surface area contributed by atoms with E-state index in [0.29, 0.717) is 24.3 Å². The Morgan fingerprint density at radius 2 is 1.93 bits per heavy atom. The zero-order chi connectivity index (χ0) is 21.3. The molecule has 2 aliphatic rings. The minimum atomic E-state index is -3.56. The molecular weight excluding hydrogens is 404 g/mol. The second-order valence-electron chi connectivity index (χ2n) is 7.55. The van der Waals surface area contributed by atoms with E-state index in [9.17, 15) is 18.0 Å². The van der Waals surface area contributed by atoms with E-state index in [1.54, 1.807) is 24.4 Å². The molecule has 30 heavy (non-hydrogen) atoms. The number of fused-ring (bicyclic) bond motifs is 1. The summed E-state index contributed by atoms with van der Waals surface area (Å²) in [6.45, 7) is 2.71. The maximum Gasteiger partial charge on any atom is 0.243 e. The number of aromatic nitrogens is 1. The summed E-state index contributed by atoms with van der Waals surface area (Å²) >= 11 is 0. The molecule has 4 rings (SSSR count). The van der Waals surface area contributed by atoms with E-state index in [0.717, 1.165) is 18.5 Å². The van der Waals surface area contributed by atoms with E-state index >= 15 is 0 Å².